The van der Waals surface area contributed by atoms with Crippen molar-refractivity contribution in [1.82, 2.24) is 15.1 Å². The second-order valence-electron chi connectivity index (χ2n) is 16.8. The minimum Gasteiger partial charge on any atom is -0.466 e. The van der Waals surface area contributed by atoms with E-state index in [0.29, 0.717) is 64.8 Å². The van der Waals surface area contributed by atoms with Crippen LogP contribution >= 0.6 is 0 Å². The van der Waals surface area contributed by atoms with Gasteiger partial charge in [0.15, 0.2) is 0 Å². The van der Waals surface area contributed by atoms with Crippen LogP contribution in [0.3, 0.4) is 0 Å². The number of amides is 2. The molecule has 0 radical (unpaired) electrons. The summed E-state index contributed by atoms with van der Waals surface area (Å²) in [5, 5.41) is 2.81. The number of hydrogen-bond acceptors (Lipinski definition) is 9. The zero-order valence-corrected chi connectivity index (χ0v) is 37.4. The fraction of sp³-hybridized carbons (Fsp3) is 0.911. The molecule has 0 saturated carbocycles. The second kappa shape index (κ2) is 36.8. The number of likely N-dealkylation sites (N-methyl/N-ethyl adjacent to an activating group) is 1. The lowest BCUT2D eigenvalue weighted by Crippen LogP contribution is -2.44. The normalized spacial score (nSPS) is 11.5. The van der Waals surface area contributed by atoms with Crippen LogP contribution in [0.5, 0.6) is 0 Å². The Kier molecular flexibility index (Phi) is 35.1. The third-order valence-electron chi connectivity index (χ3n) is 9.73. The molecule has 0 aliphatic carbocycles. The van der Waals surface area contributed by atoms with Gasteiger partial charge >= 0.3 is 24.1 Å². The lowest BCUT2D eigenvalue weighted by molar-refractivity contribution is -0.144. The van der Waals surface area contributed by atoms with Crippen molar-refractivity contribution >= 4 is 24.1 Å². The van der Waals surface area contributed by atoms with Crippen LogP contribution in [-0.2, 0) is 28.5 Å². The lowest BCUT2D eigenvalue weighted by Gasteiger charge is -2.28. The van der Waals surface area contributed by atoms with Crippen molar-refractivity contribution in [2.24, 2.45) is 0 Å². The number of nitrogens with one attached hydrogen (secondary N) is 1. The third-order valence-corrected chi connectivity index (χ3v) is 9.73. The van der Waals surface area contributed by atoms with E-state index in [4.69, 9.17) is 18.9 Å². The Morgan fingerprint density at radius 1 is 0.554 bits per heavy atom. The number of nitrogens with zero attached hydrogens (tertiary/aromatic N) is 2. The van der Waals surface area contributed by atoms with Crippen LogP contribution in [0.25, 0.3) is 0 Å². The maximum atomic E-state index is 12.9. The molecule has 1 N–H and O–H groups in total. The van der Waals surface area contributed by atoms with E-state index in [1.54, 1.807) is 4.90 Å². The summed E-state index contributed by atoms with van der Waals surface area (Å²) in [4.78, 5) is 53.8. The maximum absolute atomic E-state index is 12.9. The largest absolute Gasteiger partial charge is 0.466 e. The van der Waals surface area contributed by atoms with Crippen LogP contribution in [0.2, 0.25) is 0 Å². The molecule has 0 spiro atoms. The van der Waals surface area contributed by atoms with Crippen molar-refractivity contribution in [3.63, 3.8) is 0 Å². The summed E-state index contributed by atoms with van der Waals surface area (Å²) in [6.45, 7) is 12.3. The van der Waals surface area contributed by atoms with Crippen LogP contribution in [0.15, 0.2) is 0 Å². The molecule has 0 saturated heterocycles. The Balaban J connectivity index is 4.69. The first kappa shape index (κ1) is 53.4. The van der Waals surface area contributed by atoms with E-state index in [1.165, 1.54) is 89.9 Å². The van der Waals surface area contributed by atoms with E-state index in [9.17, 15) is 19.2 Å². The molecular formula is C45H87N3O8. The van der Waals surface area contributed by atoms with Gasteiger partial charge in [-0.15, -0.1) is 0 Å². The molecule has 0 aliphatic rings. The molecule has 330 valence electrons. The highest BCUT2D eigenvalue weighted by atomic mass is 16.6. The quantitative estimate of drug-likeness (QED) is 0.0372. The van der Waals surface area contributed by atoms with Gasteiger partial charge in [0.1, 0.15) is 11.7 Å². The van der Waals surface area contributed by atoms with E-state index >= 15 is 0 Å². The minimum atomic E-state index is -0.621. The van der Waals surface area contributed by atoms with Gasteiger partial charge in [-0.2, -0.15) is 0 Å². The number of esters is 2. The first-order chi connectivity index (χ1) is 26.9. The molecule has 0 bridgehead atoms. The zero-order chi connectivity index (χ0) is 41.7. The summed E-state index contributed by atoms with van der Waals surface area (Å²) in [5.74, 6) is -0.281. The second-order valence-corrected chi connectivity index (χ2v) is 16.8. The van der Waals surface area contributed by atoms with E-state index in [-0.39, 0.29) is 31.1 Å². The standard InChI is InChI=1S/C45H87N3O8/c1-8-10-12-14-16-18-20-22-24-32-41(49)53-38-28-26-30-40(31-27-29-39-54-42(50)33-25-23-21-19-17-15-13-11-9-2)55-43(51)46-34-35-48(37-36-47(6)7)44(52)56-45(3,4)5/h40H,8-39H2,1-7H3,(H,46,51). The maximum Gasteiger partial charge on any atom is 0.410 e. The van der Waals surface area contributed by atoms with E-state index in [0.717, 1.165) is 38.5 Å². The summed E-state index contributed by atoms with van der Waals surface area (Å²) in [7, 11) is 3.88. The van der Waals surface area contributed by atoms with E-state index in [1.807, 2.05) is 39.8 Å². The number of carbonyl (C=O) groups is 4. The predicted octanol–water partition coefficient (Wildman–Crippen LogP) is 11.1. The van der Waals surface area contributed by atoms with Gasteiger partial charge in [-0.3, -0.25) is 9.59 Å². The topological polar surface area (TPSA) is 124 Å². The molecule has 0 unspecified atom stereocenters. The minimum absolute atomic E-state index is 0.140. The molecule has 0 heterocycles. The fourth-order valence-electron chi connectivity index (χ4n) is 6.31. The average molecular weight is 798 g/mol. The molecule has 0 aromatic rings. The van der Waals surface area contributed by atoms with Gasteiger partial charge < -0.3 is 34.1 Å². The van der Waals surface area contributed by atoms with Gasteiger partial charge in [-0.1, -0.05) is 117 Å². The average Bonchev–Trinajstić information content (AvgIpc) is 3.13. The van der Waals surface area contributed by atoms with Crippen molar-refractivity contribution in [2.45, 2.75) is 213 Å². The monoisotopic (exact) mass is 798 g/mol. The lowest BCUT2D eigenvalue weighted by atomic mass is 10.1. The van der Waals surface area contributed by atoms with Crippen molar-refractivity contribution < 1.29 is 38.1 Å². The molecule has 0 atom stereocenters. The summed E-state index contributed by atoms with van der Waals surface area (Å²) in [6, 6.07) is 0. The van der Waals surface area contributed by atoms with Gasteiger partial charge in [0.2, 0.25) is 0 Å². The number of alkyl carbamates (subject to hydrolysis) is 1. The highest BCUT2D eigenvalue weighted by Crippen LogP contribution is 2.16. The molecule has 56 heavy (non-hydrogen) atoms. The SMILES string of the molecule is CCCCCCCCCCCC(=O)OCCCCC(CCCCOC(=O)CCCCCCCCCCC)OC(=O)NCCN(CCN(C)C)C(=O)OC(C)(C)C. The Bertz CT molecular complexity index is 927. The Morgan fingerprint density at radius 2 is 0.982 bits per heavy atom. The van der Waals surface area contributed by atoms with Crippen LogP contribution in [-0.4, -0.2) is 99.1 Å². The van der Waals surface area contributed by atoms with Crippen LogP contribution in [0.1, 0.15) is 202 Å². The Morgan fingerprint density at radius 3 is 1.39 bits per heavy atom. The van der Waals surface area contributed by atoms with Crippen molar-refractivity contribution in [1.29, 1.82) is 0 Å². The summed E-state index contributed by atoms with van der Waals surface area (Å²) >= 11 is 0. The molecule has 0 fully saturated rings. The molecule has 0 aliphatic heterocycles. The highest BCUT2D eigenvalue weighted by Gasteiger charge is 2.22. The van der Waals surface area contributed by atoms with Gasteiger partial charge in [-0.05, 0) is 86.2 Å². The molecular weight excluding hydrogens is 711 g/mol. The molecule has 11 heteroatoms. The number of unbranched alkanes of at least 4 members (excludes halogenated alkanes) is 18. The number of rotatable bonds is 37. The zero-order valence-electron chi connectivity index (χ0n) is 37.4. The predicted molar refractivity (Wildman–Crippen MR) is 228 cm³/mol. The Labute approximate surface area is 343 Å². The van der Waals surface area contributed by atoms with Gasteiger partial charge in [-0.25, -0.2) is 9.59 Å². The summed E-state index contributed by atoms with van der Waals surface area (Å²) < 4.78 is 22.4. The summed E-state index contributed by atoms with van der Waals surface area (Å²) in [5.41, 5.74) is -0.621. The molecule has 2 amide bonds. The molecule has 11 nitrogen and oxygen atoms in total. The van der Waals surface area contributed by atoms with Crippen molar-refractivity contribution in [3.05, 3.63) is 0 Å². The summed E-state index contributed by atoms with van der Waals surface area (Å²) in [6.07, 6.45) is 25.5. The van der Waals surface area contributed by atoms with Crippen LogP contribution in [0, 0.1) is 0 Å². The number of ether oxygens (including phenoxy) is 4. The number of hydrogen-bond donors (Lipinski definition) is 1. The molecule has 0 rings (SSSR count). The van der Waals surface area contributed by atoms with E-state index < -0.39 is 17.8 Å². The molecule has 0 aromatic heterocycles. The van der Waals surface area contributed by atoms with Crippen molar-refractivity contribution in [3.8, 4) is 0 Å². The van der Waals surface area contributed by atoms with Gasteiger partial charge in [0.25, 0.3) is 0 Å². The highest BCUT2D eigenvalue weighted by molar-refractivity contribution is 5.70. The smallest absolute Gasteiger partial charge is 0.410 e. The van der Waals surface area contributed by atoms with Gasteiger partial charge in [0, 0.05) is 39.0 Å². The number of carbonyl (C=O) groups excluding carboxylic acids is 4. The first-order valence-electron chi connectivity index (χ1n) is 22.8. The van der Waals surface area contributed by atoms with Crippen molar-refractivity contribution in [2.75, 3.05) is 53.5 Å². The molecule has 0 aromatic carbocycles. The Hall–Kier alpha value is -2.56. The van der Waals surface area contributed by atoms with Crippen LogP contribution < -0.4 is 5.32 Å². The van der Waals surface area contributed by atoms with Gasteiger partial charge in [0.05, 0.1) is 13.2 Å². The fourth-order valence-corrected chi connectivity index (χ4v) is 6.31. The third kappa shape index (κ3) is 37.0. The van der Waals surface area contributed by atoms with E-state index in [2.05, 4.69) is 19.2 Å². The first-order valence-corrected chi connectivity index (χ1v) is 22.8. The van der Waals surface area contributed by atoms with Crippen LogP contribution in [0.4, 0.5) is 9.59 Å².